The number of aryl methyl sites for hydroxylation is 3. The van der Waals surface area contributed by atoms with Crippen LogP contribution in [0.4, 0.5) is 5.69 Å². The largest absolute Gasteiger partial charge is 0.507 e. The third-order valence-electron chi connectivity index (χ3n) is 5.70. The van der Waals surface area contributed by atoms with E-state index in [0.717, 1.165) is 23.1 Å². The van der Waals surface area contributed by atoms with Gasteiger partial charge in [-0.3, -0.25) is 19.5 Å². The molecule has 0 spiro atoms. The van der Waals surface area contributed by atoms with Crippen molar-refractivity contribution >= 4 is 23.1 Å². The van der Waals surface area contributed by atoms with Crippen molar-refractivity contribution in [2.75, 3.05) is 4.90 Å². The molecular weight excluding hydrogens is 388 g/mol. The Hall–Kier alpha value is -3.73. The Bertz CT molecular complexity index is 1180. The third kappa shape index (κ3) is 3.63. The van der Waals surface area contributed by atoms with Crippen molar-refractivity contribution in [2.45, 2.75) is 33.2 Å². The van der Waals surface area contributed by atoms with E-state index < -0.39 is 17.7 Å². The monoisotopic (exact) mass is 412 g/mol. The lowest BCUT2D eigenvalue weighted by atomic mass is 9.95. The van der Waals surface area contributed by atoms with E-state index in [2.05, 4.69) is 4.98 Å². The van der Waals surface area contributed by atoms with Crippen LogP contribution >= 0.6 is 0 Å². The van der Waals surface area contributed by atoms with Gasteiger partial charge in [-0.05, 0) is 54.7 Å². The van der Waals surface area contributed by atoms with Crippen molar-refractivity contribution in [3.8, 4) is 0 Å². The minimum Gasteiger partial charge on any atom is -0.507 e. The molecule has 156 valence electrons. The average Bonchev–Trinajstić information content (AvgIpc) is 3.06. The summed E-state index contributed by atoms with van der Waals surface area (Å²) in [7, 11) is 0. The van der Waals surface area contributed by atoms with Gasteiger partial charge in [0.25, 0.3) is 11.7 Å². The molecule has 1 fully saturated rings. The van der Waals surface area contributed by atoms with Crippen LogP contribution in [0.1, 0.15) is 40.8 Å². The van der Waals surface area contributed by atoms with Gasteiger partial charge in [-0.15, -0.1) is 0 Å². The summed E-state index contributed by atoms with van der Waals surface area (Å²) in [6.07, 6.45) is 4.13. The second-order valence-electron chi connectivity index (χ2n) is 7.80. The smallest absolute Gasteiger partial charge is 0.300 e. The molecule has 31 heavy (non-hydrogen) atoms. The summed E-state index contributed by atoms with van der Waals surface area (Å²) in [5.41, 5.74) is 4.85. The molecule has 4 rings (SSSR count). The normalized spacial score (nSPS) is 17.9. The van der Waals surface area contributed by atoms with Crippen LogP contribution < -0.4 is 4.90 Å². The summed E-state index contributed by atoms with van der Waals surface area (Å²) in [6, 6.07) is 16.0. The highest BCUT2D eigenvalue weighted by Gasteiger charge is 2.47. The minimum absolute atomic E-state index is 0.0724. The predicted molar refractivity (Wildman–Crippen MR) is 121 cm³/mol. The minimum atomic E-state index is -0.764. The summed E-state index contributed by atoms with van der Waals surface area (Å²) < 4.78 is 0. The number of pyridine rings is 1. The molecule has 5 nitrogen and oxygen atoms in total. The first kappa shape index (κ1) is 20.5. The molecule has 5 heteroatoms. The van der Waals surface area contributed by atoms with E-state index in [9.17, 15) is 14.7 Å². The van der Waals surface area contributed by atoms with Crippen LogP contribution in [0.25, 0.3) is 5.76 Å². The first-order valence-corrected chi connectivity index (χ1v) is 10.3. The lowest BCUT2D eigenvalue weighted by Crippen LogP contribution is -2.30. The Morgan fingerprint density at radius 3 is 2.45 bits per heavy atom. The van der Waals surface area contributed by atoms with Crippen LogP contribution in [0.3, 0.4) is 0 Å². The molecule has 0 aliphatic carbocycles. The molecule has 1 unspecified atom stereocenters. The number of ketones is 1. The highest BCUT2D eigenvalue weighted by Crippen LogP contribution is 2.43. The summed E-state index contributed by atoms with van der Waals surface area (Å²) in [5, 5.41) is 11.2. The zero-order valence-electron chi connectivity index (χ0n) is 17.8. The summed E-state index contributed by atoms with van der Waals surface area (Å²) >= 11 is 0. The molecule has 3 aromatic rings. The Kier molecular flexibility index (Phi) is 5.42. The Labute approximate surface area is 181 Å². The summed E-state index contributed by atoms with van der Waals surface area (Å²) in [6.45, 7) is 5.89. The average molecular weight is 412 g/mol. The van der Waals surface area contributed by atoms with E-state index in [4.69, 9.17) is 0 Å². The number of aliphatic hydroxyl groups excluding tert-OH is 1. The van der Waals surface area contributed by atoms with Gasteiger partial charge in [0.2, 0.25) is 0 Å². The molecule has 1 amide bonds. The number of hydrogen-bond acceptors (Lipinski definition) is 4. The number of amides is 1. The lowest BCUT2D eigenvalue weighted by Gasteiger charge is -2.27. The van der Waals surface area contributed by atoms with Crippen molar-refractivity contribution in [2.24, 2.45) is 0 Å². The number of aromatic nitrogens is 1. The number of nitrogens with zero attached hydrogens (tertiary/aromatic N) is 2. The van der Waals surface area contributed by atoms with E-state index in [1.54, 1.807) is 30.6 Å². The van der Waals surface area contributed by atoms with Crippen LogP contribution in [0.5, 0.6) is 0 Å². The molecule has 2 heterocycles. The SMILES string of the molecule is CCc1ccc(/C(O)=C2\C(=O)C(=O)N(c3cc(C)ccc3C)C2c2cccnc2)cc1. The van der Waals surface area contributed by atoms with Crippen LogP contribution in [-0.4, -0.2) is 21.8 Å². The fourth-order valence-corrected chi connectivity index (χ4v) is 3.97. The van der Waals surface area contributed by atoms with Crippen molar-refractivity contribution < 1.29 is 14.7 Å². The van der Waals surface area contributed by atoms with Gasteiger partial charge < -0.3 is 5.11 Å². The predicted octanol–water partition coefficient (Wildman–Crippen LogP) is 4.89. The standard InChI is InChI=1S/C26H24N2O3/c1-4-18-9-11-19(12-10-18)24(29)22-23(20-6-5-13-27-15-20)28(26(31)25(22)30)21-14-16(2)7-8-17(21)3/h5-15,23,29H,4H2,1-3H3/b24-22+. The number of anilines is 1. The number of benzene rings is 2. The fourth-order valence-electron chi connectivity index (χ4n) is 3.97. The van der Waals surface area contributed by atoms with Gasteiger partial charge in [0.15, 0.2) is 0 Å². The number of rotatable bonds is 4. The topological polar surface area (TPSA) is 70.5 Å². The highest BCUT2D eigenvalue weighted by atomic mass is 16.3. The zero-order valence-corrected chi connectivity index (χ0v) is 17.8. The summed E-state index contributed by atoms with van der Waals surface area (Å²) in [4.78, 5) is 32.1. The lowest BCUT2D eigenvalue weighted by molar-refractivity contribution is -0.132. The zero-order chi connectivity index (χ0) is 22.1. The van der Waals surface area contributed by atoms with Crippen molar-refractivity contribution in [3.05, 3.63) is 100 Å². The molecule has 0 bridgehead atoms. The molecule has 1 aromatic heterocycles. The van der Waals surface area contributed by atoms with Crippen LogP contribution in [0.2, 0.25) is 0 Å². The Morgan fingerprint density at radius 1 is 1.06 bits per heavy atom. The van der Waals surface area contributed by atoms with Crippen molar-refractivity contribution in [3.63, 3.8) is 0 Å². The van der Waals surface area contributed by atoms with Gasteiger partial charge >= 0.3 is 0 Å². The number of Topliss-reactive ketones (excluding diaryl/α,β-unsaturated/α-hetero) is 1. The molecule has 0 saturated carbocycles. The van der Waals surface area contributed by atoms with Gasteiger partial charge in [-0.25, -0.2) is 0 Å². The second-order valence-corrected chi connectivity index (χ2v) is 7.80. The maximum Gasteiger partial charge on any atom is 0.300 e. The van der Waals surface area contributed by atoms with E-state index in [1.807, 2.05) is 57.2 Å². The highest BCUT2D eigenvalue weighted by molar-refractivity contribution is 6.51. The van der Waals surface area contributed by atoms with Crippen LogP contribution in [-0.2, 0) is 16.0 Å². The van der Waals surface area contributed by atoms with Gasteiger partial charge in [0, 0.05) is 23.6 Å². The molecule has 2 aromatic carbocycles. The first-order valence-electron chi connectivity index (χ1n) is 10.3. The summed E-state index contributed by atoms with van der Waals surface area (Å²) in [5.74, 6) is -1.54. The van der Waals surface area contributed by atoms with Crippen LogP contribution in [0, 0.1) is 13.8 Å². The maximum atomic E-state index is 13.2. The van der Waals surface area contributed by atoms with Crippen molar-refractivity contribution in [1.29, 1.82) is 0 Å². The quantitative estimate of drug-likeness (QED) is 0.376. The van der Waals surface area contributed by atoms with Gasteiger partial charge in [0.05, 0.1) is 11.6 Å². The van der Waals surface area contributed by atoms with E-state index in [-0.39, 0.29) is 11.3 Å². The Balaban J connectivity index is 1.94. The van der Waals surface area contributed by atoms with Crippen molar-refractivity contribution in [1.82, 2.24) is 4.98 Å². The molecule has 1 atom stereocenters. The number of carbonyl (C=O) groups excluding carboxylic acids is 2. The van der Waals surface area contributed by atoms with E-state index in [1.165, 1.54) is 4.90 Å². The maximum absolute atomic E-state index is 13.2. The molecule has 1 N–H and O–H groups in total. The molecule has 1 aliphatic heterocycles. The molecule has 1 aliphatic rings. The van der Waals surface area contributed by atoms with Gasteiger partial charge in [0.1, 0.15) is 5.76 Å². The second kappa shape index (κ2) is 8.19. The number of hydrogen-bond donors (Lipinski definition) is 1. The van der Waals surface area contributed by atoms with Gasteiger partial charge in [-0.2, -0.15) is 0 Å². The third-order valence-corrected chi connectivity index (χ3v) is 5.70. The van der Waals surface area contributed by atoms with E-state index >= 15 is 0 Å². The fraction of sp³-hybridized carbons (Fsp3) is 0.192. The Morgan fingerprint density at radius 2 is 1.81 bits per heavy atom. The molecule has 0 radical (unpaired) electrons. The molecular formula is C26H24N2O3. The van der Waals surface area contributed by atoms with Crippen LogP contribution in [0.15, 0.2) is 72.6 Å². The first-order chi connectivity index (χ1) is 14.9. The van der Waals surface area contributed by atoms with E-state index in [0.29, 0.717) is 16.8 Å². The number of aliphatic hydroxyl groups is 1. The number of carbonyl (C=O) groups is 2. The molecule has 1 saturated heterocycles. The van der Waals surface area contributed by atoms with Gasteiger partial charge in [-0.1, -0.05) is 49.4 Å².